The smallest absolute Gasteiger partial charge is 0.270 e. The number of likely N-dealkylation sites (tertiary alicyclic amines) is 1. The zero-order valence-corrected chi connectivity index (χ0v) is 15.8. The number of carbonyl (C=O) groups is 1. The summed E-state index contributed by atoms with van der Waals surface area (Å²) < 4.78 is 6.88. The number of amides is 1. The van der Waals surface area contributed by atoms with Crippen molar-refractivity contribution < 1.29 is 14.1 Å². The highest BCUT2D eigenvalue weighted by molar-refractivity contribution is 5.94. The maximum absolute atomic E-state index is 12.8. The number of nitrogens with zero attached hydrogens (tertiary/aromatic N) is 4. The monoisotopic (exact) mass is 395 g/mol. The van der Waals surface area contributed by atoms with Crippen LogP contribution in [0.2, 0.25) is 0 Å². The molecule has 0 aliphatic carbocycles. The maximum Gasteiger partial charge on any atom is 0.270 e. The number of hydrogen-bond acceptors (Lipinski definition) is 6. The number of nitro groups is 1. The van der Waals surface area contributed by atoms with Gasteiger partial charge in [0.2, 0.25) is 0 Å². The number of nitro benzene ring substituents is 1. The number of aromatic nitrogens is 2. The van der Waals surface area contributed by atoms with Crippen LogP contribution in [-0.4, -0.2) is 51.7 Å². The first-order valence-electron chi connectivity index (χ1n) is 9.51. The number of furan rings is 1. The van der Waals surface area contributed by atoms with Gasteiger partial charge in [-0.25, -0.2) is 4.68 Å². The van der Waals surface area contributed by atoms with Crippen LogP contribution >= 0.6 is 0 Å². The van der Waals surface area contributed by atoms with Gasteiger partial charge in [-0.15, -0.1) is 0 Å². The molecule has 1 aliphatic rings. The Morgan fingerprint density at radius 2 is 1.97 bits per heavy atom. The van der Waals surface area contributed by atoms with Gasteiger partial charge in [0.1, 0.15) is 11.4 Å². The van der Waals surface area contributed by atoms with Gasteiger partial charge in [0.05, 0.1) is 16.9 Å². The fourth-order valence-electron chi connectivity index (χ4n) is 3.42. The van der Waals surface area contributed by atoms with Crippen molar-refractivity contribution in [2.24, 2.45) is 0 Å². The van der Waals surface area contributed by atoms with Crippen LogP contribution in [0, 0.1) is 10.1 Å². The van der Waals surface area contributed by atoms with Gasteiger partial charge < -0.3 is 14.6 Å². The van der Waals surface area contributed by atoms with Gasteiger partial charge in [0, 0.05) is 31.3 Å². The second kappa shape index (κ2) is 8.27. The largest absolute Gasteiger partial charge is 0.463 e. The molecule has 4 rings (SSSR count). The Balaban J connectivity index is 1.58. The predicted octanol–water partition coefficient (Wildman–Crippen LogP) is 2.87. The molecule has 1 aromatic carbocycles. The van der Waals surface area contributed by atoms with E-state index in [0.717, 1.165) is 19.6 Å². The lowest BCUT2D eigenvalue weighted by Gasteiger charge is -2.15. The lowest BCUT2D eigenvalue weighted by atomic mass is 10.2. The van der Waals surface area contributed by atoms with Crippen molar-refractivity contribution >= 4 is 11.6 Å². The van der Waals surface area contributed by atoms with Gasteiger partial charge in [-0.2, -0.15) is 5.10 Å². The second-order valence-electron chi connectivity index (χ2n) is 6.88. The standard InChI is InChI=1S/C20H21N5O4/c26-20(21-9-12-23-10-1-2-11-23)18-14-17(19-4-3-13-29-19)22-24(18)15-5-7-16(8-6-15)25(27)28/h3-8,13-14H,1-2,9-12H2,(H,21,26). The Hall–Kier alpha value is -3.46. The van der Waals surface area contributed by atoms with E-state index in [9.17, 15) is 14.9 Å². The van der Waals surface area contributed by atoms with Crippen molar-refractivity contribution in [3.8, 4) is 17.1 Å². The minimum absolute atomic E-state index is 0.0243. The molecule has 1 fully saturated rings. The molecule has 9 nitrogen and oxygen atoms in total. The van der Waals surface area contributed by atoms with E-state index in [1.54, 1.807) is 30.3 Å². The summed E-state index contributed by atoms with van der Waals surface area (Å²) in [5.74, 6) is 0.282. The fraction of sp³-hybridized carbons (Fsp3) is 0.300. The van der Waals surface area contributed by atoms with Gasteiger partial charge in [-0.05, 0) is 50.2 Å². The van der Waals surface area contributed by atoms with Crippen molar-refractivity contribution in [1.29, 1.82) is 0 Å². The molecule has 1 saturated heterocycles. The van der Waals surface area contributed by atoms with Crippen molar-refractivity contribution in [2.45, 2.75) is 12.8 Å². The molecule has 3 aromatic rings. The number of nitrogens with one attached hydrogen (secondary N) is 1. The highest BCUT2D eigenvalue weighted by Gasteiger charge is 2.20. The molecular weight excluding hydrogens is 374 g/mol. The third kappa shape index (κ3) is 4.19. The molecule has 0 spiro atoms. The van der Waals surface area contributed by atoms with Crippen LogP contribution in [0.25, 0.3) is 17.1 Å². The van der Waals surface area contributed by atoms with Crippen molar-refractivity contribution in [1.82, 2.24) is 20.0 Å². The number of carbonyl (C=O) groups excluding carboxylic acids is 1. The summed E-state index contributed by atoms with van der Waals surface area (Å²) in [5.41, 5.74) is 1.38. The molecule has 0 radical (unpaired) electrons. The molecule has 3 heterocycles. The third-order valence-corrected chi connectivity index (χ3v) is 4.93. The summed E-state index contributed by atoms with van der Waals surface area (Å²) in [5, 5.41) is 18.3. The Morgan fingerprint density at radius 1 is 1.21 bits per heavy atom. The summed E-state index contributed by atoms with van der Waals surface area (Å²) in [6, 6.07) is 11.1. The van der Waals surface area contributed by atoms with E-state index in [2.05, 4.69) is 15.3 Å². The zero-order valence-electron chi connectivity index (χ0n) is 15.8. The Bertz CT molecular complexity index is 989. The maximum atomic E-state index is 12.8. The first kappa shape index (κ1) is 18.9. The minimum atomic E-state index is -0.465. The molecule has 0 bridgehead atoms. The summed E-state index contributed by atoms with van der Waals surface area (Å²) in [4.78, 5) is 25.6. The zero-order chi connectivity index (χ0) is 20.2. The summed E-state index contributed by atoms with van der Waals surface area (Å²) >= 11 is 0. The first-order valence-corrected chi connectivity index (χ1v) is 9.51. The van der Waals surface area contributed by atoms with Gasteiger partial charge >= 0.3 is 0 Å². The molecule has 2 aromatic heterocycles. The van der Waals surface area contributed by atoms with Crippen LogP contribution in [0.1, 0.15) is 23.3 Å². The average molecular weight is 395 g/mol. The molecular formula is C20H21N5O4. The van der Waals surface area contributed by atoms with Crippen LogP contribution in [-0.2, 0) is 0 Å². The predicted molar refractivity (Wildman–Crippen MR) is 106 cm³/mol. The fourth-order valence-corrected chi connectivity index (χ4v) is 3.42. The highest BCUT2D eigenvalue weighted by atomic mass is 16.6. The first-order chi connectivity index (χ1) is 14.1. The van der Waals surface area contributed by atoms with E-state index in [0.29, 0.717) is 29.4 Å². The van der Waals surface area contributed by atoms with E-state index < -0.39 is 4.92 Å². The second-order valence-corrected chi connectivity index (χ2v) is 6.88. The lowest BCUT2D eigenvalue weighted by Crippen LogP contribution is -2.34. The van der Waals surface area contributed by atoms with Crippen molar-refractivity contribution in [3.05, 3.63) is 64.5 Å². The number of non-ortho nitro benzene ring substituents is 1. The van der Waals surface area contributed by atoms with E-state index in [1.165, 1.54) is 35.9 Å². The van der Waals surface area contributed by atoms with Gasteiger partial charge in [0.15, 0.2) is 5.76 Å². The minimum Gasteiger partial charge on any atom is -0.463 e. The highest BCUT2D eigenvalue weighted by Crippen LogP contribution is 2.23. The molecule has 1 N–H and O–H groups in total. The number of benzene rings is 1. The summed E-state index contributed by atoms with van der Waals surface area (Å²) in [6.07, 6.45) is 3.94. The van der Waals surface area contributed by atoms with Crippen LogP contribution in [0.4, 0.5) is 5.69 Å². The molecule has 1 aliphatic heterocycles. The summed E-state index contributed by atoms with van der Waals surface area (Å²) in [7, 11) is 0. The SMILES string of the molecule is O=C(NCCN1CCCC1)c1cc(-c2ccco2)nn1-c1ccc([N+](=O)[O-])cc1. The van der Waals surface area contributed by atoms with Gasteiger partial charge in [0.25, 0.3) is 11.6 Å². The lowest BCUT2D eigenvalue weighted by molar-refractivity contribution is -0.384. The molecule has 0 saturated carbocycles. The Morgan fingerprint density at radius 3 is 2.62 bits per heavy atom. The van der Waals surface area contributed by atoms with Gasteiger partial charge in [-0.1, -0.05) is 0 Å². The summed E-state index contributed by atoms with van der Waals surface area (Å²) in [6.45, 7) is 3.49. The molecule has 29 heavy (non-hydrogen) atoms. The third-order valence-electron chi connectivity index (χ3n) is 4.93. The normalized spacial score (nSPS) is 14.2. The van der Waals surface area contributed by atoms with Crippen molar-refractivity contribution in [2.75, 3.05) is 26.2 Å². The van der Waals surface area contributed by atoms with E-state index in [-0.39, 0.29) is 11.6 Å². The number of hydrogen-bond donors (Lipinski definition) is 1. The van der Waals surface area contributed by atoms with Crippen LogP contribution in [0.15, 0.2) is 53.1 Å². The molecule has 0 unspecified atom stereocenters. The van der Waals surface area contributed by atoms with Crippen LogP contribution < -0.4 is 5.32 Å². The molecule has 9 heteroatoms. The Kier molecular flexibility index (Phi) is 5.39. The number of rotatable bonds is 7. The topological polar surface area (TPSA) is 106 Å². The molecule has 150 valence electrons. The van der Waals surface area contributed by atoms with E-state index in [4.69, 9.17) is 4.42 Å². The van der Waals surface area contributed by atoms with Crippen molar-refractivity contribution in [3.63, 3.8) is 0 Å². The average Bonchev–Trinajstić information content (AvgIpc) is 3.48. The molecule has 0 atom stereocenters. The van der Waals surface area contributed by atoms with E-state index in [1.807, 2.05) is 0 Å². The molecule has 1 amide bonds. The Labute approximate surface area is 167 Å². The van der Waals surface area contributed by atoms with Crippen LogP contribution in [0.3, 0.4) is 0 Å². The van der Waals surface area contributed by atoms with E-state index >= 15 is 0 Å². The quantitative estimate of drug-likeness (QED) is 0.487. The van der Waals surface area contributed by atoms with Gasteiger partial charge in [-0.3, -0.25) is 14.9 Å². The van der Waals surface area contributed by atoms with Crippen LogP contribution in [0.5, 0.6) is 0 Å².